The van der Waals surface area contributed by atoms with E-state index in [4.69, 9.17) is 9.72 Å². The molecule has 1 fully saturated rings. The van der Waals surface area contributed by atoms with Crippen LogP contribution in [0.1, 0.15) is 0 Å². The molecule has 9 heteroatoms. The maximum absolute atomic E-state index is 11.8. The number of benzene rings is 2. The van der Waals surface area contributed by atoms with E-state index in [1.165, 1.54) is 11.8 Å². The summed E-state index contributed by atoms with van der Waals surface area (Å²) < 4.78 is 7.14. The van der Waals surface area contributed by atoms with Crippen LogP contribution in [0.5, 0.6) is 0 Å². The summed E-state index contributed by atoms with van der Waals surface area (Å²) in [4.78, 5) is 25.8. The van der Waals surface area contributed by atoms with Gasteiger partial charge in [-0.05, 0) is 42.5 Å². The molecular weight excluding hydrogens is 466 g/mol. The molecule has 0 spiro atoms. The number of piperazine rings is 1. The van der Waals surface area contributed by atoms with Gasteiger partial charge in [-0.1, -0.05) is 18.7 Å². The molecule has 190 valence electrons. The molecule has 0 aliphatic carbocycles. The van der Waals surface area contributed by atoms with E-state index in [1.807, 2.05) is 34.9 Å². The molecule has 0 unspecified atom stereocenters. The van der Waals surface area contributed by atoms with Gasteiger partial charge in [-0.25, -0.2) is 9.97 Å². The number of carbonyl (C=O) groups excluding carboxylic acids is 1. The number of hydrogen-bond acceptors (Lipinski definition) is 7. The van der Waals surface area contributed by atoms with Crippen LogP contribution in [0, 0.1) is 0 Å². The SMILES string of the molecule is C=CC(=O)Nc1cccc(-c2nc(Nc3ccc(N4CCN(CCOC)CC4)cc3)cn3cncc23)c1. The number of nitrogens with zero attached hydrogens (tertiary/aromatic N) is 5. The van der Waals surface area contributed by atoms with Gasteiger partial charge in [0.15, 0.2) is 0 Å². The minimum Gasteiger partial charge on any atom is -0.383 e. The van der Waals surface area contributed by atoms with Crippen molar-refractivity contribution in [1.29, 1.82) is 0 Å². The van der Waals surface area contributed by atoms with E-state index in [1.54, 1.807) is 19.6 Å². The lowest BCUT2D eigenvalue weighted by molar-refractivity contribution is -0.111. The Labute approximate surface area is 216 Å². The fourth-order valence-corrected chi connectivity index (χ4v) is 4.49. The molecule has 37 heavy (non-hydrogen) atoms. The highest BCUT2D eigenvalue weighted by Crippen LogP contribution is 2.28. The van der Waals surface area contributed by atoms with Crippen molar-refractivity contribution in [1.82, 2.24) is 19.3 Å². The van der Waals surface area contributed by atoms with Crippen LogP contribution >= 0.6 is 0 Å². The van der Waals surface area contributed by atoms with Crippen molar-refractivity contribution in [3.8, 4) is 11.3 Å². The number of amides is 1. The second-order valence-electron chi connectivity index (χ2n) is 8.93. The van der Waals surface area contributed by atoms with Crippen LogP contribution in [0.2, 0.25) is 0 Å². The van der Waals surface area contributed by atoms with Gasteiger partial charge in [0.05, 0.1) is 36.5 Å². The average molecular weight is 498 g/mol. The number of rotatable bonds is 9. The van der Waals surface area contributed by atoms with Gasteiger partial charge >= 0.3 is 0 Å². The molecule has 2 N–H and O–H groups in total. The quantitative estimate of drug-likeness (QED) is 0.338. The third-order valence-corrected chi connectivity index (χ3v) is 6.48. The highest BCUT2D eigenvalue weighted by Gasteiger charge is 2.17. The van der Waals surface area contributed by atoms with Crippen LogP contribution in [-0.2, 0) is 9.53 Å². The molecule has 0 bridgehead atoms. The summed E-state index contributed by atoms with van der Waals surface area (Å²) in [6, 6.07) is 16.0. The summed E-state index contributed by atoms with van der Waals surface area (Å²) in [5, 5.41) is 6.24. The predicted molar refractivity (Wildman–Crippen MR) is 148 cm³/mol. The first-order chi connectivity index (χ1) is 18.1. The Morgan fingerprint density at radius 3 is 2.68 bits per heavy atom. The summed E-state index contributed by atoms with van der Waals surface area (Å²) >= 11 is 0. The second kappa shape index (κ2) is 11.2. The molecule has 2 aromatic heterocycles. The van der Waals surface area contributed by atoms with Gasteiger partial charge in [-0.3, -0.25) is 9.69 Å². The first-order valence-corrected chi connectivity index (χ1v) is 12.3. The molecule has 0 atom stereocenters. The number of nitrogens with one attached hydrogen (secondary N) is 2. The number of hydrogen-bond donors (Lipinski definition) is 2. The topological polar surface area (TPSA) is 87.0 Å². The van der Waals surface area contributed by atoms with E-state index in [2.05, 4.69) is 56.3 Å². The van der Waals surface area contributed by atoms with Crippen molar-refractivity contribution in [2.24, 2.45) is 0 Å². The third-order valence-electron chi connectivity index (χ3n) is 6.48. The molecule has 1 amide bonds. The summed E-state index contributed by atoms with van der Waals surface area (Å²) in [7, 11) is 1.75. The van der Waals surface area contributed by atoms with Crippen molar-refractivity contribution in [3.05, 3.63) is 79.9 Å². The number of ether oxygens (including phenoxy) is 1. The van der Waals surface area contributed by atoms with Gasteiger partial charge in [-0.2, -0.15) is 0 Å². The van der Waals surface area contributed by atoms with Crippen LogP contribution in [0.4, 0.5) is 22.9 Å². The Balaban J connectivity index is 1.32. The number of carbonyl (C=O) groups is 1. The highest BCUT2D eigenvalue weighted by atomic mass is 16.5. The van der Waals surface area contributed by atoms with Gasteiger partial charge < -0.3 is 24.7 Å². The predicted octanol–water partition coefficient (Wildman–Crippen LogP) is 4.03. The van der Waals surface area contributed by atoms with Crippen molar-refractivity contribution in [2.75, 3.05) is 62.0 Å². The van der Waals surface area contributed by atoms with Gasteiger partial charge in [0.1, 0.15) is 5.82 Å². The Kier molecular flexibility index (Phi) is 7.43. The second-order valence-corrected chi connectivity index (χ2v) is 8.93. The molecular formula is C28H31N7O2. The molecule has 3 heterocycles. The van der Waals surface area contributed by atoms with E-state index >= 15 is 0 Å². The van der Waals surface area contributed by atoms with E-state index in [-0.39, 0.29) is 5.91 Å². The normalized spacial score (nSPS) is 14.0. The maximum atomic E-state index is 11.8. The zero-order valence-corrected chi connectivity index (χ0v) is 20.9. The van der Waals surface area contributed by atoms with Crippen LogP contribution in [-0.4, -0.2) is 71.6 Å². The van der Waals surface area contributed by atoms with E-state index in [0.717, 1.165) is 61.8 Å². The lowest BCUT2D eigenvalue weighted by atomic mass is 10.1. The Morgan fingerprint density at radius 2 is 1.92 bits per heavy atom. The first-order valence-electron chi connectivity index (χ1n) is 12.3. The smallest absolute Gasteiger partial charge is 0.247 e. The van der Waals surface area contributed by atoms with Crippen LogP contribution in [0.25, 0.3) is 16.8 Å². The van der Waals surface area contributed by atoms with Crippen molar-refractivity contribution >= 4 is 34.3 Å². The summed E-state index contributed by atoms with van der Waals surface area (Å²) in [5.74, 6) is 0.437. The average Bonchev–Trinajstić information content (AvgIpc) is 3.41. The molecule has 2 aromatic carbocycles. The molecule has 5 rings (SSSR count). The zero-order chi connectivity index (χ0) is 25.6. The fourth-order valence-electron chi connectivity index (χ4n) is 4.49. The molecule has 0 saturated carbocycles. The third kappa shape index (κ3) is 5.79. The number of imidazole rings is 1. The molecule has 1 saturated heterocycles. The summed E-state index contributed by atoms with van der Waals surface area (Å²) in [6.07, 6.45) is 6.70. The van der Waals surface area contributed by atoms with Gasteiger partial charge in [0, 0.05) is 62.5 Å². The van der Waals surface area contributed by atoms with E-state index in [9.17, 15) is 4.79 Å². The Morgan fingerprint density at radius 1 is 1.11 bits per heavy atom. The van der Waals surface area contributed by atoms with Gasteiger partial charge in [-0.15, -0.1) is 0 Å². The minimum atomic E-state index is -0.258. The lowest BCUT2D eigenvalue weighted by Crippen LogP contribution is -2.47. The van der Waals surface area contributed by atoms with Crippen molar-refractivity contribution < 1.29 is 9.53 Å². The standard InChI is InChI=1S/C28H31N7O2/c1-3-27(36)31-23-6-4-5-21(17-23)28-25-18-29-20-35(25)19-26(32-28)30-22-7-9-24(10-8-22)34-13-11-33(12-14-34)15-16-37-2/h3-10,17-20,30H,1,11-16H2,2H3,(H,31,36). The summed E-state index contributed by atoms with van der Waals surface area (Å²) in [5.41, 5.74) is 5.35. The highest BCUT2D eigenvalue weighted by molar-refractivity contribution is 5.99. The molecule has 4 aromatic rings. The van der Waals surface area contributed by atoms with Crippen LogP contribution < -0.4 is 15.5 Å². The molecule has 9 nitrogen and oxygen atoms in total. The van der Waals surface area contributed by atoms with E-state index in [0.29, 0.717) is 11.5 Å². The molecule has 0 radical (unpaired) electrons. The van der Waals surface area contributed by atoms with Gasteiger partial charge in [0.25, 0.3) is 0 Å². The van der Waals surface area contributed by atoms with Crippen LogP contribution in [0.3, 0.4) is 0 Å². The number of fused-ring (bicyclic) bond motifs is 1. The van der Waals surface area contributed by atoms with Crippen LogP contribution in [0.15, 0.2) is 79.9 Å². The summed E-state index contributed by atoms with van der Waals surface area (Å²) in [6.45, 7) is 9.37. The lowest BCUT2D eigenvalue weighted by Gasteiger charge is -2.36. The van der Waals surface area contributed by atoms with Gasteiger partial charge in [0.2, 0.25) is 5.91 Å². The molecule has 1 aliphatic heterocycles. The van der Waals surface area contributed by atoms with Crippen molar-refractivity contribution in [3.63, 3.8) is 0 Å². The fraction of sp³-hybridized carbons (Fsp3) is 0.250. The monoisotopic (exact) mass is 497 g/mol. The Bertz CT molecular complexity index is 1380. The zero-order valence-electron chi connectivity index (χ0n) is 20.9. The number of anilines is 4. The minimum absolute atomic E-state index is 0.258. The molecule has 1 aliphatic rings. The number of aromatic nitrogens is 3. The maximum Gasteiger partial charge on any atom is 0.247 e. The van der Waals surface area contributed by atoms with E-state index < -0.39 is 0 Å². The number of methoxy groups -OCH3 is 1. The Hall–Kier alpha value is -4.21. The largest absolute Gasteiger partial charge is 0.383 e. The van der Waals surface area contributed by atoms with Crippen molar-refractivity contribution in [2.45, 2.75) is 0 Å². The first kappa shape index (κ1) is 24.5.